The second kappa shape index (κ2) is 5.54. The van der Waals surface area contributed by atoms with Crippen molar-refractivity contribution in [1.82, 2.24) is 0 Å². The van der Waals surface area contributed by atoms with Crippen LogP contribution in [-0.4, -0.2) is 0 Å². The first kappa shape index (κ1) is 16.0. The Morgan fingerprint density at radius 2 is 1.62 bits per heavy atom. The van der Waals surface area contributed by atoms with E-state index in [1.165, 1.54) is 6.07 Å². The Morgan fingerprint density at radius 1 is 1.19 bits per heavy atom. The van der Waals surface area contributed by atoms with Gasteiger partial charge in [0.05, 0.1) is 5.02 Å². The van der Waals surface area contributed by atoms with Gasteiger partial charge in [-0.15, -0.1) is 12.4 Å². The fourth-order valence-electron chi connectivity index (χ4n) is 1.26. The maximum Gasteiger partial charge on any atom is 0.148 e. The maximum absolute atomic E-state index is 13.7. The van der Waals surface area contributed by atoms with E-state index in [1.807, 2.05) is 20.8 Å². The van der Waals surface area contributed by atoms with Gasteiger partial charge in [-0.25, -0.2) is 4.39 Å². The molecule has 0 aliphatic carbocycles. The minimum atomic E-state index is -0.522. The van der Waals surface area contributed by atoms with E-state index in [1.54, 1.807) is 6.07 Å². The highest BCUT2D eigenvalue weighted by molar-refractivity contribution is 6.33. The predicted molar refractivity (Wildman–Crippen MR) is 70.1 cm³/mol. The summed E-state index contributed by atoms with van der Waals surface area (Å²) in [5, 5.41) is 0.369. The lowest BCUT2D eigenvalue weighted by Gasteiger charge is -2.28. The molecular formula is C11H15Cl3FN. The van der Waals surface area contributed by atoms with Gasteiger partial charge >= 0.3 is 0 Å². The monoisotopic (exact) mass is 285 g/mol. The van der Waals surface area contributed by atoms with Crippen LogP contribution in [0.15, 0.2) is 12.1 Å². The highest BCUT2D eigenvalue weighted by atomic mass is 35.5. The van der Waals surface area contributed by atoms with Gasteiger partial charge in [-0.1, -0.05) is 44.0 Å². The van der Waals surface area contributed by atoms with Crippen molar-refractivity contribution in [2.75, 3.05) is 0 Å². The van der Waals surface area contributed by atoms with Crippen molar-refractivity contribution < 1.29 is 4.39 Å². The van der Waals surface area contributed by atoms with Gasteiger partial charge in [-0.3, -0.25) is 0 Å². The fourth-order valence-corrected chi connectivity index (χ4v) is 1.69. The third kappa shape index (κ3) is 3.24. The molecule has 0 saturated heterocycles. The molecule has 5 heteroatoms. The Kier molecular flexibility index (Phi) is 5.54. The van der Waals surface area contributed by atoms with Gasteiger partial charge in [-0.05, 0) is 17.5 Å². The number of benzene rings is 1. The Bertz CT molecular complexity index is 374. The molecule has 0 spiro atoms. The van der Waals surface area contributed by atoms with Gasteiger partial charge in [0.2, 0.25) is 0 Å². The maximum atomic E-state index is 13.7. The molecule has 16 heavy (non-hydrogen) atoms. The molecule has 0 fully saturated rings. The fraction of sp³-hybridized carbons (Fsp3) is 0.455. The minimum absolute atomic E-state index is 0. The minimum Gasteiger partial charge on any atom is -0.323 e. The molecule has 1 aromatic rings. The molecule has 0 saturated carbocycles. The lowest BCUT2D eigenvalue weighted by Crippen LogP contribution is -2.27. The first-order chi connectivity index (χ1) is 6.75. The van der Waals surface area contributed by atoms with Crippen LogP contribution in [0.2, 0.25) is 10.0 Å². The van der Waals surface area contributed by atoms with Crippen LogP contribution >= 0.6 is 35.6 Å². The number of hydrogen-bond donors (Lipinski definition) is 1. The van der Waals surface area contributed by atoms with Gasteiger partial charge < -0.3 is 5.73 Å². The van der Waals surface area contributed by atoms with E-state index < -0.39 is 11.9 Å². The zero-order valence-electron chi connectivity index (χ0n) is 9.35. The summed E-state index contributed by atoms with van der Waals surface area (Å²) in [6.45, 7) is 5.77. The Hall–Kier alpha value is -0.0200. The summed E-state index contributed by atoms with van der Waals surface area (Å²) in [6.07, 6.45) is 0. The van der Waals surface area contributed by atoms with Gasteiger partial charge in [0.25, 0.3) is 0 Å². The van der Waals surface area contributed by atoms with Crippen molar-refractivity contribution in [3.05, 3.63) is 33.6 Å². The van der Waals surface area contributed by atoms with Crippen LogP contribution in [0.4, 0.5) is 4.39 Å². The summed E-state index contributed by atoms with van der Waals surface area (Å²) >= 11 is 11.6. The standard InChI is InChI=1S/C11H14Cl2FN.ClH/c1-11(2,3)10(15)8-6(12)4-5-7(13)9(8)14;/h4-5,10H,15H2,1-3H3;1H/t10-;/m1./s1. The Labute approximate surface area is 112 Å². The molecule has 92 valence electrons. The van der Waals surface area contributed by atoms with Crippen LogP contribution in [0.5, 0.6) is 0 Å². The third-order valence-electron chi connectivity index (χ3n) is 2.32. The first-order valence-corrected chi connectivity index (χ1v) is 5.39. The number of hydrogen-bond acceptors (Lipinski definition) is 1. The number of halogens is 4. The number of nitrogens with two attached hydrogens (primary N) is 1. The summed E-state index contributed by atoms with van der Waals surface area (Å²) in [5.41, 5.74) is 5.98. The lowest BCUT2D eigenvalue weighted by atomic mass is 9.83. The van der Waals surface area contributed by atoms with Gasteiger partial charge in [-0.2, -0.15) is 0 Å². The molecule has 0 unspecified atom stereocenters. The lowest BCUT2D eigenvalue weighted by molar-refractivity contribution is 0.319. The van der Waals surface area contributed by atoms with Crippen molar-refractivity contribution in [2.24, 2.45) is 11.1 Å². The molecule has 1 nitrogen and oxygen atoms in total. The van der Waals surface area contributed by atoms with Crippen LogP contribution in [0.3, 0.4) is 0 Å². The van der Waals surface area contributed by atoms with Crippen LogP contribution in [0.25, 0.3) is 0 Å². The van der Waals surface area contributed by atoms with Gasteiger partial charge in [0, 0.05) is 16.6 Å². The summed E-state index contributed by atoms with van der Waals surface area (Å²) < 4.78 is 13.7. The normalized spacial score (nSPS) is 13.2. The molecule has 0 aromatic heterocycles. The average Bonchev–Trinajstić information content (AvgIpc) is 2.10. The molecule has 1 rings (SSSR count). The van der Waals surface area contributed by atoms with Crippen LogP contribution in [0.1, 0.15) is 32.4 Å². The van der Waals surface area contributed by atoms with E-state index in [4.69, 9.17) is 28.9 Å². The van der Waals surface area contributed by atoms with E-state index in [0.29, 0.717) is 5.02 Å². The molecule has 2 N–H and O–H groups in total. The van der Waals surface area contributed by atoms with Gasteiger partial charge in [0.1, 0.15) is 5.82 Å². The molecule has 0 bridgehead atoms. The second-order valence-corrected chi connectivity index (χ2v) is 5.41. The molecule has 0 heterocycles. The molecule has 1 atom stereocenters. The molecule has 0 aliphatic rings. The quantitative estimate of drug-likeness (QED) is 0.750. The SMILES string of the molecule is CC(C)(C)[C@H](N)c1c(Cl)ccc(Cl)c1F.Cl. The van der Waals surface area contributed by atoms with Crippen LogP contribution in [-0.2, 0) is 0 Å². The summed E-state index contributed by atoms with van der Waals surface area (Å²) in [5.74, 6) is -0.522. The third-order valence-corrected chi connectivity index (χ3v) is 2.94. The zero-order valence-corrected chi connectivity index (χ0v) is 11.7. The van der Waals surface area contributed by atoms with E-state index in [9.17, 15) is 4.39 Å². The van der Waals surface area contributed by atoms with E-state index >= 15 is 0 Å². The zero-order chi connectivity index (χ0) is 11.8. The summed E-state index contributed by atoms with van der Waals surface area (Å²) in [4.78, 5) is 0. The predicted octanol–water partition coefficient (Wildman–Crippen LogP) is 4.60. The molecule has 0 radical (unpaired) electrons. The summed E-state index contributed by atoms with van der Waals surface area (Å²) in [7, 11) is 0. The van der Waals surface area contributed by atoms with Crippen molar-refractivity contribution in [3.63, 3.8) is 0 Å². The van der Waals surface area contributed by atoms with Crippen molar-refractivity contribution in [2.45, 2.75) is 26.8 Å². The van der Waals surface area contributed by atoms with Gasteiger partial charge in [0.15, 0.2) is 0 Å². The van der Waals surface area contributed by atoms with Crippen LogP contribution in [0, 0.1) is 11.2 Å². The molecule has 0 aliphatic heterocycles. The van der Waals surface area contributed by atoms with Crippen molar-refractivity contribution in [3.8, 4) is 0 Å². The topological polar surface area (TPSA) is 26.0 Å². The Morgan fingerprint density at radius 3 is 2.06 bits per heavy atom. The second-order valence-electron chi connectivity index (χ2n) is 4.60. The molecule has 0 amide bonds. The molecule has 1 aromatic carbocycles. The largest absolute Gasteiger partial charge is 0.323 e. The average molecular weight is 287 g/mol. The molecular weight excluding hydrogens is 271 g/mol. The number of rotatable bonds is 1. The summed E-state index contributed by atoms with van der Waals surface area (Å²) in [6, 6.07) is 2.51. The first-order valence-electron chi connectivity index (χ1n) is 4.64. The van der Waals surface area contributed by atoms with Crippen LogP contribution < -0.4 is 5.73 Å². The Balaban J connectivity index is 0.00000225. The van der Waals surface area contributed by atoms with E-state index in [-0.39, 0.29) is 28.4 Å². The van der Waals surface area contributed by atoms with Crippen molar-refractivity contribution in [1.29, 1.82) is 0 Å². The van der Waals surface area contributed by atoms with Crippen molar-refractivity contribution >= 4 is 35.6 Å². The highest BCUT2D eigenvalue weighted by Crippen LogP contribution is 2.37. The van der Waals surface area contributed by atoms with E-state index in [2.05, 4.69) is 0 Å². The highest BCUT2D eigenvalue weighted by Gasteiger charge is 2.27. The smallest absolute Gasteiger partial charge is 0.148 e. The van der Waals surface area contributed by atoms with E-state index in [0.717, 1.165) is 0 Å².